The maximum absolute atomic E-state index is 10.6. The maximum atomic E-state index is 10.6. The number of rotatable bonds is 12. The Morgan fingerprint density at radius 2 is 2.05 bits per heavy atom. The molecule has 0 saturated carbocycles. The number of hydrogen-bond acceptors (Lipinski definition) is 5. The second-order valence-electron chi connectivity index (χ2n) is 4.73. The fraction of sp³-hybridized carbons (Fsp3) is 0.846. The summed E-state index contributed by atoms with van der Waals surface area (Å²) in [5, 5.41) is 20.8. The molecule has 21 heavy (non-hydrogen) atoms. The van der Waals surface area contributed by atoms with E-state index in [1.54, 1.807) is 0 Å². The Morgan fingerprint density at radius 3 is 2.67 bits per heavy atom. The van der Waals surface area contributed by atoms with E-state index in [-0.39, 0.29) is 16.6 Å². The summed E-state index contributed by atoms with van der Waals surface area (Å²) in [5.74, 6) is 1.37. The second-order valence-corrected chi connectivity index (χ2v) is 5.86. The van der Waals surface area contributed by atoms with Crippen molar-refractivity contribution in [2.45, 2.75) is 45.4 Å². The van der Waals surface area contributed by atoms with Gasteiger partial charge in [0, 0.05) is 23.8 Å². The minimum Gasteiger partial charge on any atom is -0.379 e. The highest BCUT2D eigenvalue weighted by molar-refractivity contribution is 8.13. The van der Waals surface area contributed by atoms with Crippen LogP contribution in [0, 0.1) is 15.5 Å². The Bertz CT molecular complexity index is 337. The summed E-state index contributed by atoms with van der Waals surface area (Å²) in [6.45, 7) is 3.23. The first kappa shape index (κ1) is 19.7. The first-order valence-electron chi connectivity index (χ1n) is 7.42. The van der Waals surface area contributed by atoms with E-state index < -0.39 is 0 Å². The minimum absolute atomic E-state index is 0.169. The largest absolute Gasteiger partial charge is 0.379 e. The number of hydrogen-bond donors (Lipinski definition) is 3. The van der Waals surface area contributed by atoms with Gasteiger partial charge in [-0.05, 0) is 19.3 Å². The van der Waals surface area contributed by atoms with Crippen molar-refractivity contribution in [2.24, 2.45) is 10.7 Å². The minimum atomic E-state index is -0.350. The molecule has 0 saturated heterocycles. The number of nitrogens with one attached hydrogen (secondary N) is 2. The average Bonchev–Trinajstić information content (AvgIpc) is 2.40. The van der Waals surface area contributed by atoms with E-state index in [0.717, 1.165) is 50.8 Å². The maximum Gasteiger partial charge on any atom is 0.259 e. The molecule has 0 unspecified atom stereocenters. The molecule has 0 atom stereocenters. The van der Waals surface area contributed by atoms with Crippen LogP contribution in [0.15, 0.2) is 4.99 Å². The number of nitrogens with two attached hydrogens (primary N) is 1. The van der Waals surface area contributed by atoms with Gasteiger partial charge in [-0.15, -0.1) is 0 Å². The zero-order valence-electron chi connectivity index (χ0n) is 12.8. The fourth-order valence-electron chi connectivity index (χ4n) is 1.66. The van der Waals surface area contributed by atoms with Gasteiger partial charge in [0.1, 0.15) is 0 Å². The summed E-state index contributed by atoms with van der Waals surface area (Å²) in [4.78, 5) is 14.5. The number of nitro groups is 1. The smallest absolute Gasteiger partial charge is 0.259 e. The number of unbranched alkanes of at least 4 members (excludes halogenated alkanes) is 4. The van der Waals surface area contributed by atoms with Gasteiger partial charge in [0.05, 0.1) is 0 Å². The fourth-order valence-corrected chi connectivity index (χ4v) is 2.23. The first-order chi connectivity index (χ1) is 10.1. The average molecular weight is 317 g/mol. The lowest BCUT2D eigenvalue weighted by Crippen LogP contribution is -2.31. The molecule has 0 aromatic heterocycles. The lowest BCUT2D eigenvalue weighted by Gasteiger charge is -2.06. The van der Waals surface area contributed by atoms with Crippen molar-refractivity contribution in [1.82, 2.24) is 5.32 Å². The van der Waals surface area contributed by atoms with Crippen LogP contribution in [0.3, 0.4) is 0 Å². The van der Waals surface area contributed by atoms with E-state index in [9.17, 15) is 10.1 Å². The third kappa shape index (κ3) is 14.9. The van der Waals surface area contributed by atoms with Crippen LogP contribution in [0.1, 0.15) is 45.4 Å². The normalized spacial score (nSPS) is 11.4. The molecule has 0 radical (unpaired) electrons. The first-order valence-corrected chi connectivity index (χ1v) is 8.40. The molecule has 0 aliphatic rings. The molecule has 0 spiro atoms. The lowest BCUT2D eigenvalue weighted by atomic mass is 10.2. The van der Waals surface area contributed by atoms with E-state index in [4.69, 9.17) is 11.1 Å². The zero-order valence-corrected chi connectivity index (χ0v) is 13.6. The van der Waals surface area contributed by atoms with Crippen molar-refractivity contribution in [2.75, 3.05) is 25.4 Å². The van der Waals surface area contributed by atoms with Crippen molar-refractivity contribution in [1.29, 1.82) is 5.41 Å². The van der Waals surface area contributed by atoms with Crippen molar-refractivity contribution >= 4 is 22.8 Å². The highest BCUT2D eigenvalue weighted by Crippen LogP contribution is 2.06. The quantitative estimate of drug-likeness (QED) is 0.168. The van der Waals surface area contributed by atoms with E-state index >= 15 is 0 Å². The topological polar surface area (TPSA) is 117 Å². The molecule has 7 nitrogen and oxygen atoms in total. The summed E-state index contributed by atoms with van der Waals surface area (Å²) >= 11 is 1.37. The predicted molar refractivity (Wildman–Crippen MR) is 89.9 cm³/mol. The summed E-state index contributed by atoms with van der Waals surface area (Å²) in [7, 11) is 0. The molecule has 0 aromatic carbocycles. The van der Waals surface area contributed by atoms with E-state index in [2.05, 4.69) is 17.2 Å². The number of nitrogens with zero attached hydrogens (tertiary/aromatic N) is 2. The summed E-state index contributed by atoms with van der Waals surface area (Å²) < 4.78 is 0. The highest BCUT2D eigenvalue weighted by atomic mass is 32.2. The Kier molecular flexibility index (Phi) is 12.8. The molecule has 0 aliphatic carbocycles. The van der Waals surface area contributed by atoms with Crippen LogP contribution in [0.2, 0.25) is 0 Å². The van der Waals surface area contributed by atoms with Crippen LogP contribution in [0.5, 0.6) is 0 Å². The van der Waals surface area contributed by atoms with Crippen LogP contribution >= 0.6 is 11.8 Å². The SMILES string of the molecule is CCCCNC(C[N+](=O)[O-])=NCCCCCCSC(=N)N. The van der Waals surface area contributed by atoms with Crippen LogP contribution in [0.25, 0.3) is 0 Å². The molecule has 0 bridgehead atoms. The third-order valence-electron chi connectivity index (χ3n) is 2.75. The van der Waals surface area contributed by atoms with Crippen LogP contribution in [-0.2, 0) is 0 Å². The number of thioether (sulfide) groups is 1. The molecule has 122 valence electrons. The third-order valence-corrected chi connectivity index (χ3v) is 3.55. The molecular formula is C13H27N5O2S. The Balaban J connectivity index is 3.75. The molecule has 4 N–H and O–H groups in total. The Hall–Kier alpha value is -1.31. The van der Waals surface area contributed by atoms with Gasteiger partial charge >= 0.3 is 0 Å². The van der Waals surface area contributed by atoms with Crippen molar-refractivity contribution < 1.29 is 4.92 Å². The molecule has 0 heterocycles. The molecule has 8 heteroatoms. The molecule has 0 aromatic rings. The van der Waals surface area contributed by atoms with Crippen molar-refractivity contribution in [3.8, 4) is 0 Å². The second kappa shape index (κ2) is 13.7. The molecule has 0 rings (SSSR count). The van der Waals surface area contributed by atoms with E-state index in [0.29, 0.717) is 12.4 Å². The standard InChI is InChI=1S/C13H27N5O2S/c1-2-3-8-16-12(11-18(19)20)17-9-6-4-5-7-10-21-13(14)15/h2-11H2,1H3,(H3,14,15)(H,16,17). The van der Waals surface area contributed by atoms with Gasteiger partial charge in [-0.1, -0.05) is 37.9 Å². The van der Waals surface area contributed by atoms with Gasteiger partial charge in [0.2, 0.25) is 0 Å². The van der Waals surface area contributed by atoms with Gasteiger partial charge in [-0.2, -0.15) is 0 Å². The van der Waals surface area contributed by atoms with Crippen molar-refractivity contribution in [3.05, 3.63) is 10.1 Å². The number of aliphatic imine (C=N–C) groups is 1. The van der Waals surface area contributed by atoms with Gasteiger partial charge in [-0.3, -0.25) is 20.5 Å². The van der Waals surface area contributed by atoms with Gasteiger partial charge in [-0.25, -0.2) is 0 Å². The summed E-state index contributed by atoms with van der Waals surface area (Å²) in [5.41, 5.74) is 5.24. The molecule has 0 aliphatic heterocycles. The predicted octanol–water partition coefficient (Wildman–Crippen LogP) is 2.24. The van der Waals surface area contributed by atoms with E-state index in [1.165, 1.54) is 11.8 Å². The van der Waals surface area contributed by atoms with Crippen LogP contribution < -0.4 is 11.1 Å². The van der Waals surface area contributed by atoms with Crippen molar-refractivity contribution in [3.63, 3.8) is 0 Å². The lowest BCUT2D eigenvalue weighted by molar-refractivity contribution is -0.463. The Labute approximate surface area is 130 Å². The zero-order chi connectivity index (χ0) is 15.9. The highest BCUT2D eigenvalue weighted by Gasteiger charge is 2.05. The molecular weight excluding hydrogens is 290 g/mol. The van der Waals surface area contributed by atoms with E-state index in [1.807, 2.05) is 0 Å². The monoisotopic (exact) mass is 317 g/mol. The van der Waals surface area contributed by atoms with Gasteiger partial charge in [0.25, 0.3) is 6.54 Å². The van der Waals surface area contributed by atoms with Gasteiger partial charge in [0.15, 0.2) is 11.0 Å². The summed E-state index contributed by atoms with van der Waals surface area (Å²) in [6.07, 6.45) is 6.12. The summed E-state index contributed by atoms with van der Waals surface area (Å²) in [6, 6.07) is 0. The molecule has 0 fully saturated rings. The van der Waals surface area contributed by atoms with Crippen LogP contribution in [0.4, 0.5) is 0 Å². The van der Waals surface area contributed by atoms with Gasteiger partial charge < -0.3 is 11.1 Å². The Morgan fingerprint density at radius 1 is 1.33 bits per heavy atom. The number of amidine groups is 2. The van der Waals surface area contributed by atoms with Crippen LogP contribution in [-0.4, -0.2) is 41.3 Å². The molecule has 0 amide bonds.